The summed E-state index contributed by atoms with van der Waals surface area (Å²) in [4.78, 5) is 30.5. The van der Waals surface area contributed by atoms with Crippen molar-refractivity contribution in [2.75, 3.05) is 23.9 Å². The molecule has 0 aromatic carbocycles. The average molecular weight is 283 g/mol. The standard InChI is InChI=1S/C12H17N3O3S/c1-3-7-19-8-5-10(16)14-9-4-6-13-11(15-9)12(17)18-2/h4,6H,3,5,7-8H2,1-2H3,(H,13,14,15,16). The highest BCUT2D eigenvalue weighted by molar-refractivity contribution is 7.99. The van der Waals surface area contributed by atoms with Crippen LogP contribution in [0.3, 0.4) is 0 Å². The van der Waals surface area contributed by atoms with Gasteiger partial charge in [0.05, 0.1) is 7.11 Å². The molecule has 0 bridgehead atoms. The van der Waals surface area contributed by atoms with Crippen molar-refractivity contribution < 1.29 is 14.3 Å². The number of nitrogens with one attached hydrogen (secondary N) is 1. The zero-order valence-electron chi connectivity index (χ0n) is 11.0. The summed E-state index contributed by atoms with van der Waals surface area (Å²) in [6, 6.07) is 1.53. The third kappa shape index (κ3) is 5.69. The Balaban J connectivity index is 2.48. The number of nitrogens with zero attached hydrogens (tertiary/aromatic N) is 2. The van der Waals surface area contributed by atoms with Gasteiger partial charge in [0.2, 0.25) is 11.7 Å². The first-order chi connectivity index (χ1) is 9.17. The van der Waals surface area contributed by atoms with Gasteiger partial charge in [0.1, 0.15) is 5.82 Å². The zero-order chi connectivity index (χ0) is 14.1. The maximum Gasteiger partial charge on any atom is 0.376 e. The smallest absolute Gasteiger partial charge is 0.376 e. The number of carbonyl (C=O) groups is 2. The fourth-order valence-electron chi connectivity index (χ4n) is 1.23. The average Bonchev–Trinajstić information content (AvgIpc) is 2.43. The Hall–Kier alpha value is -1.63. The van der Waals surface area contributed by atoms with Gasteiger partial charge in [0.15, 0.2) is 0 Å². The molecule has 0 fully saturated rings. The molecule has 1 N–H and O–H groups in total. The van der Waals surface area contributed by atoms with Crippen molar-refractivity contribution in [3.05, 3.63) is 18.1 Å². The lowest BCUT2D eigenvalue weighted by Crippen LogP contribution is -2.15. The van der Waals surface area contributed by atoms with Crippen LogP contribution >= 0.6 is 11.8 Å². The van der Waals surface area contributed by atoms with Crippen LogP contribution < -0.4 is 5.32 Å². The van der Waals surface area contributed by atoms with Gasteiger partial charge >= 0.3 is 5.97 Å². The highest BCUT2D eigenvalue weighted by Crippen LogP contribution is 2.07. The molecule has 1 amide bonds. The molecule has 104 valence electrons. The van der Waals surface area contributed by atoms with Crippen LogP contribution in [-0.4, -0.2) is 40.5 Å². The summed E-state index contributed by atoms with van der Waals surface area (Å²) in [6.07, 6.45) is 2.92. The molecule has 0 atom stereocenters. The minimum atomic E-state index is -0.630. The third-order valence-corrected chi connectivity index (χ3v) is 3.30. The Bertz CT molecular complexity index is 440. The molecular formula is C12H17N3O3S. The van der Waals surface area contributed by atoms with Crippen LogP contribution in [-0.2, 0) is 9.53 Å². The van der Waals surface area contributed by atoms with Crippen LogP contribution in [0, 0.1) is 0 Å². The molecule has 1 heterocycles. The number of amides is 1. The first-order valence-corrected chi connectivity index (χ1v) is 7.11. The van der Waals surface area contributed by atoms with Gasteiger partial charge in [-0.05, 0) is 18.2 Å². The van der Waals surface area contributed by atoms with Gasteiger partial charge in [-0.25, -0.2) is 14.8 Å². The molecular weight excluding hydrogens is 266 g/mol. The number of aromatic nitrogens is 2. The lowest BCUT2D eigenvalue weighted by Gasteiger charge is -2.05. The summed E-state index contributed by atoms with van der Waals surface area (Å²) in [5.41, 5.74) is 0. The molecule has 0 radical (unpaired) electrons. The lowest BCUT2D eigenvalue weighted by atomic mass is 10.4. The van der Waals surface area contributed by atoms with Crippen LogP contribution in [0.25, 0.3) is 0 Å². The van der Waals surface area contributed by atoms with Crippen LogP contribution in [0.5, 0.6) is 0 Å². The summed E-state index contributed by atoms with van der Waals surface area (Å²) < 4.78 is 4.51. The van der Waals surface area contributed by atoms with Gasteiger partial charge in [-0.15, -0.1) is 0 Å². The first-order valence-electron chi connectivity index (χ1n) is 5.96. The van der Waals surface area contributed by atoms with E-state index in [1.54, 1.807) is 11.8 Å². The van der Waals surface area contributed by atoms with Crippen molar-refractivity contribution in [1.29, 1.82) is 0 Å². The molecule has 1 aromatic rings. The number of thioether (sulfide) groups is 1. The molecule has 0 aliphatic carbocycles. The molecule has 0 saturated heterocycles. The fraction of sp³-hybridized carbons (Fsp3) is 0.500. The second-order valence-electron chi connectivity index (χ2n) is 3.67. The van der Waals surface area contributed by atoms with Crippen molar-refractivity contribution in [3.8, 4) is 0 Å². The van der Waals surface area contributed by atoms with Gasteiger partial charge in [-0.1, -0.05) is 6.92 Å². The topological polar surface area (TPSA) is 81.2 Å². The van der Waals surface area contributed by atoms with E-state index in [1.165, 1.54) is 19.4 Å². The summed E-state index contributed by atoms with van der Waals surface area (Å²) in [6.45, 7) is 2.10. The summed E-state index contributed by atoms with van der Waals surface area (Å²) in [7, 11) is 1.25. The number of ether oxygens (including phenoxy) is 1. The molecule has 6 nitrogen and oxygen atoms in total. The third-order valence-electron chi connectivity index (χ3n) is 2.11. The van der Waals surface area contributed by atoms with E-state index in [0.29, 0.717) is 12.2 Å². The molecule has 1 rings (SSSR count). The summed E-state index contributed by atoms with van der Waals surface area (Å²) in [5, 5.41) is 2.63. The molecule has 1 aromatic heterocycles. The Morgan fingerprint density at radius 3 is 2.89 bits per heavy atom. The number of hydrogen-bond acceptors (Lipinski definition) is 6. The first kappa shape index (κ1) is 15.4. The number of methoxy groups -OCH3 is 1. The Kier molecular flexibility index (Phi) is 6.88. The SMILES string of the molecule is CCCSCCC(=O)Nc1ccnc(C(=O)OC)n1. The van der Waals surface area contributed by atoms with Crippen molar-refractivity contribution in [2.45, 2.75) is 19.8 Å². The Labute approximate surface area is 116 Å². The highest BCUT2D eigenvalue weighted by atomic mass is 32.2. The summed E-state index contributed by atoms with van der Waals surface area (Å²) in [5.74, 6) is 1.30. The quantitative estimate of drug-likeness (QED) is 0.606. The van der Waals surface area contributed by atoms with E-state index in [4.69, 9.17) is 0 Å². The normalized spacial score (nSPS) is 10.0. The number of hydrogen-bond donors (Lipinski definition) is 1. The highest BCUT2D eigenvalue weighted by Gasteiger charge is 2.10. The number of anilines is 1. The lowest BCUT2D eigenvalue weighted by molar-refractivity contribution is -0.115. The molecule has 0 aliphatic heterocycles. The second-order valence-corrected chi connectivity index (χ2v) is 4.89. The number of esters is 1. The van der Waals surface area contributed by atoms with Gasteiger partial charge in [-0.3, -0.25) is 4.79 Å². The monoisotopic (exact) mass is 283 g/mol. The van der Waals surface area contributed by atoms with Crippen molar-refractivity contribution in [2.24, 2.45) is 0 Å². The van der Waals surface area contributed by atoms with E-state index < -0.39 is 5.97 Å². The maximum atomic E-state index is 11.6. The van der Waals surface area contributed by atoms with Crippen LogP contribution in [0.15, 0.2) is 12.3 Å². The predicted molar refractivity (Wildman–Crippen MR) is 74.2 cm³/mol. The van der Waals surface area contributed by atoms with E-state index in [-0.39, 0.29) is 11.7 Å². The van der Waals surface area contributed by atoms with Crippen molar-refractivity contribution in [3.63, 3.8) is 0 Å². The van der Waals surface area contributed by atoms with Crippen molar-refractivity contribution >= 4 is 29.5 Å². The van der Waals surface area contributed by atoms with E-state index in [9.17, 15) is 9.59 Å². The molecule has 0 spiro atoms. The minimum absolute atomic E-state index is 0.0688. The van der Waals surface area contributed by atoms with Gasteiger partial charge in [0.25, 0.3) is 0 Å². The van der Waals surface area contributed by atoms with Gasteiger partial charge < -0.3 is 10.1 Å². The largest absolute Gasteiger partial charge is 0.463 e. The fourth-order valence-corrected chi connectivity index (χ4v) is 2.06. The van der Waals surface area contributed by atoms with E-state index in [1.807, 2.05) is 0 Å². The Morgan fingerprint density at radius 1 is 1.42 bits per heavy atom. The van der Waals surface area contributed by atoms with Crippen LogP contribution in [0.1, 0.15) is 30.4 Å². The minimum Gasteiger partial charge on any atom is -0.463 e. The second kappa shape index (κ2) is 8.47. The predicted octanol–water partition coefficient (Wildman–Crippen LogP) is 1.73. The van der Waals surface area contributed by atoms with E-state index in [2.05, 4.69) is 26.9 Å². The maximum absolute atomic E-state index is 11.6. The number of carbonyl (C=O) groups excluding carboxylic acids is 2. The van der Waals surface area contributed by atoms with Crippen molar-refractivity contribution in [1.82, 2.24) is 9.97 Å². The van der Waals surface area contributed by atoms with Gasteiger partial charge in [-0.2, -0.15) is 11.8 Å². The molecule has 0 unspecified atom stereocenters. The van der Waals surface area contributed by atoms with E-state index in [0.717, 1.165) is 17.9 Å². The number of rotatable bonds is 7. The Morgan fingerprint density at radius 2 is 2.21 bits per heavy atom. The van der Waals surface area contributed by atoms with Gasteiger partial charge in [0, 0.05) is 18.4 Å². The molecule has 0 aliphatic rings. The molecule has 7 heteroatoms. The van der Waals surface area contributed by atoms with Crippen LogP contribution in [0.2, 0.25) is 0 Å². The van der Waals surface area contributed by atoms with E-state index >= 15 is 0 Å². The molecule has 19 heavy (non-hydrogen) atoms. The zero-order valence-corrected chi connectivity index (χ0v) is 11.8. The molecule has 0 saturated carbocycles. The van der Waals surface area contributed by atoms with Crippen LogP contribution in [0.4, 0.5) is 5.82 Å². The summed E-state index contributed by atoms with van der Waals surface area (Å²) >= 11 is 1.74.